The smallest absolute Gasteiger partial charge is 0.0500 e. The van der Waals surface area contributed by atoms with Gasteiger partial charge in [0, 0.05) is 9.75 Å². The van der Waals surface area contributed by atoms with E-state index in [0.29, 0.717) is 0 Å². The zero-order valence-electron chi connectivity index (χ0n) is 7.02. The maximum absolute atomic E-state index is 6.52. The zero-order chi connectivity index (χ0) is 8.40. The van der Waals surface area contributed by atoms with Gasteiger partial charge in [-0.2, -0.15) is 0 Å². The summed E-state index contributed by atoms with van der Waals surface area (Å²) in [6.07, 6.45) is 8.30. The number of halogens is 2. The zero-order valence-corrected chi connectivity index (χ0v) is 8.54. The van der Waals surface area contributed by atoms with Gasteiger partial charge in [-0.1, -0.05) is 0 Å². The molecule has 4 aliphatic carbocycles. The molecule has 4 bridgehead atoms. The van der Waals surface area contributed by atoms with Gasteiger partial charge in [-0.25, -0.2) is 0 Å². The molecule has 0 aromatic carbocycles. The lowest BCUT2D eigenvalue weighted by Gasteiger charge is -2.57. The highest BCUT2D eigenvalue weighted by Gasteiger charge is 2.56. The normalized spacial score (nSPS) is 62.5. The van der Waals surface area contributed by atoms with Crippen molar-refractivity contribution in [3.63, 3.8) is 0 Å². The van der Waals surface area contributed by atoms with Gasteiger partial charge in [0.15, 0.2) is 0 Å². The second kappa shape index (κ2) is 2.15. The van der Waals surface area contributed by atoms with E-state index in [4.69, 9.17) is 23.2 Å². The Morgan fingerprint density at radius 2 is 2.00 bits per heavy atom. The van der Waals surface area contributed by atoms with Gasteiger partial charge in [0.1, 0.15) is 0 Å². The van der Waals surface area contributed by atoms with Crippen LogP contribution in [0.5, 0.6) is 0 Å². The molecule has 4 atom stereocenters. The van der Waals surface area contributed by atoms with Gasteiger partial charge >= 0.3 is 0 Å². The summed E-state index contributed by atoms with van der Waals surface area (Å²) < 4.78 is 0. The van der Waals surface area contributed by atoms with Gasteiger partial charge in [-0.3, -0.25) is 0 Å². The van der Waals surface area contributed by atoms with Gasteiger partial charge in [-0.15, -0.1) is 23.2 Å². The maximum Gasteiger partial charge on any atom is 0.0500 e. The predicted molar refractivity (Wildman–Crippen MR) is 51.5 cm³/mol. The monoisotopic (exact) mass is 203 g/mol. The molecule has 4 aliphatic rings. The Labute approximate surface area is 83.6 Å². The number of rotatable bonds is 0. The van der Waals surface area contributed by atoms with E-state index >= 15 is 0 Å². The largest absolute Gasteiger partial charge is 0.119 e. The van der Waals surface area contributed by atoms with Gasteiger partial charge in [0.05, 0.1) is 0 Å². The summed E-state index contributed by atoms with van der Waals surface area (Å²) in [4.78, 5) is 0.0498. The molecule has 0 aromatic rings. The third-order valence-corrected chi connectivity index (χ3v) is 4.55. The van der Waals surface area contributed by atoms with Gasteiger partial charge in [-0.05, 0) is 50.4 Å². The van der Waals surface area contributed by atoms with E-state index in [1.54, 1.807) is 0 Å². The molecule has 0 N–H and O–H groups in total. The van der Waals surface area contributed by atoms with Crippen molar-refractivity contribution >= 4 is 23.2 Å². The van der Waals surface area contributed by atoms with Crippen LogP contribution >= 0.6 is 23.2 Å². The Hall–Kier alpha value is 0.580. The standard InChI is InChI=1S/C10H13Cl2/c11-9-2-7-1-8(4-9)5-10(12,3-7)6-9/h2,7-8H,1,3-6H2/t7-,8-,9+,10+/m1/s1. The molecule has 0 aliphatic heterocycles. The third kappa shape index (κ3) is 1.04. The first-order valence-corrected chi connectivity index (χ1v) is 5.56. The SMILES string of the molecule is Cl[C@@]12[CH][C@H]3C[C@H](C1)C[C@@](Cl)(C3)C2. The predicted octanol–water partition coefficient (Wildman–Crippen LogP) is 3.37. The Bertz CT molecular complexity index is 190. The number of hydrogen-bond acceptors (Lipinski definition) is 0. The molecular formula is C10H13Cl2. The second-order valence-corrected chi connectivity index (χ2v) is 6.56. The summed E-state index contributed by atoms with van der Waals surface area (Å²) in [6.45, 7) is 0. The van der Waals surface area contributed by atoms with Gasteiger partial charge in [0.25, 0.3) is 0 Å². The third-order valence-electron chi connectivity index (χ3n) is 3.69. The molecule has 4 fully saturated rings. The summed E-state index contributed by atoms with van der Waals surface area (Å²) in [5.74, 6) is 1.54. The van der Waals surface area contributed by atoms with Crippen LogP contribution in [0.3, 0.4) is 0 Å². The van der Waals surface area contributed by atoms with Crippen molar-refractivity contribution in [1.82, 2.24) is 0 Å². The fourth-order valence-electron chi connectivity index (χ4n) is 3.72. The highest BCUT2D eigenvalue weighted by molar-refractivity contribution is 6.28. The lowest BCUT2D eigenvalue weighted by atomic mass is 9.55. The molecule has 0 amide bonds. The van der Waals surface area contributed by atoms with E-state index in [1.807, 2.05) is 0 Å². The fraction of sp³-hybridized carbons (Fsp3) is 0.900. The Morgan fingerprint density at radius 3 is 2.58 bits per heavy atom. The molecular weight excluding hydrogens is 191 g/mol. The van der Waals surface area contributed by atoms with Crippen molar-refractivity contribution in [2.75, 3.05) is 0 Å². The molecule has 0 aromatic heterocycles. The second-order valence-electron chi connectivity index (χ2n) is 5.00. The summed E-state index contributed by atoms with van der Waals surface area (Å²) in [5, 5.41) is 0. The first kappa shape index (κ1) is 7.94. The van der Waals surface area contributed by atoms with Crippen molar-refractivity contribution in [3.05, 3.63) is 6.42 Å². The maximum atomic E-state index is 6.52. The molecule has 1 radical (unpaired) electrons. The highest BCUT2D eigenvalue weighted by Crippen LogP contribution is 2.61. The first-order valence-electron chi connectivity index (χ1n) is 4.81. The molecule has 0 unspecified atom stereocenters. The topological polar surface area (TPSA) is 0 Å². The van der Waals surface area contributed by atoms with Crippen molar-refractivity contribution in [2.45, 2.75) is 41.9 Å². The minimum absolute atomic E-state index is 0.0220. The summed E-state index contributed by atoms with van der Waals surface area (Å²) in [6, 6.07) is 0. The Balaban J connectivity index is 1.98. The minimum atomic E-state index is -0.0220. The van der Waals surface area contributed by atoms with Crippen LogP contribution in [0.1, 0.15) is 32.1 Å². The molecule has 0 nitrogen and oxygen atoms in total. The number of hydrogen-bond donors (Lipinski definition) is 0. The quantitative estimate of drug-likeness (QED) is 0.530. The van der Waals surface area contributed by atoms with Crippen molar-refractivity contribution < 1.29 is 0 Å². The molecule has 4 rings (SSSR count). The Morgan fingerprint density at radius 1 is 1.17 bits per heavy atom. The van der Waals surface area contributed by atoms with Crippen LogP contribution < -0.4 is 0 Å². The van der Waals surface area contributed by atoms with E-state index in [-0.39, 0.29) is 9.75 Å². The van der Waals surface area contributed by atoms with E-state index in [2.05, 4.69) is 6.42 Å². The van der Waals surface area contributed by atoms with Crippen LogP contribution in [0.25, 0.3) is 0 Å². The molecule has 12 heavy (non-hydrogen) atoms. The van der Waals surface area contributed by atoms with Crippen LogP contribution in [0, 0.1) is 18.3 Å². The van der Waals surface area contributed by atoms with Crippen LogP contribution in [0.4, 0.5) is 0 Å². The van der Waals surface area contributed by atoms with E-state index in [9.17, 15) is 0 Å². The molecule has 0 spiro atoms. The summed E-state index contributed by atoms with van der Waals surface area (Å²) in [5.41, 5.74) is 0. The van der Waals surface area contributed by atoms with Crippen LogP contribution in [0.2, 0.25) is 0 Å². The fourth-order valence-corrected chi connectivity index (χ4v) is 5.10. The summed E-state index contributed by atoms with van der Waals surface area (Å²) in [7, 11) is 0. The van der Waals surface area contributed by atoms with E-state index in [1.165, 1.54) is 25.7 Å². The van der Waals surface area contributed by atoms with E-state index < -0.39 is 0 Å². The summed E-state index contributed by atoms with van der Waals surface area (Å²) >= 11 is 13.0. The van der Waals surface area contributed by atoms with Crippen molar-refractivity contribution in [1.29, 1.82) is 0 Å². The van der Waals surface area contributed by atoms with Crippen molar-refractivity contribution in [3.8, 4) is 0 Å². The highest BCUT2D eigenvalue weighted by atomic mass is 35.5. The molecule has 4 saturated carbocycles. The van der Waals surface area contributed by atoms with E-state index in [0.717, 1.165) is 18.3 Å². The average Bonchev–Trinajstić information content (AvgIpc) is 1.75. The van der Waals surface area contributed by atoms with Gasteiger partial charge < -0.3 is 0 Å². The van der Waals surface area contributed by atoms with Gasteiger partial charge in [0.2, 0.25) is 0 Å². The lowest BCUT2D eigenvalue weighted by molar-refractivity contribution is 0.0956. The molecule has 0 heterocycles. The number of alkyl halides is 2. The van der Waals surface area contributed by atoms with Crippen LogP contribution in [-0.2, 0) is 0 Å². The first-order chi connectivity index (χ1) is 5.57. The van der Waals surface area contributed by atoms with Crippen molar-refractivity contribution in [2.24, 2.45) is 11.8 Å². The van der Waals surface area contributed by atoms with Crippen LogP contribution in [-0.4, -0.2) is 9.75 Å². The molecule has 2 heteroatoms. The van der Waals surface area contributed by atoms with Crippen LogP contribution in [0.15, 0.2) is 0 Å². The molecule has 67 valence electrons. The Kier molecular flexibility index (Phi) is 1.42. The molecule has 0 saturated heterocycles. The average molecular weight is 204 g/mol. The minimum Gasteiger partial charge on any atom is -0.119 e. The lowest BCUT2D eigenvalue weighted by Crippen LogP contribution is -2.54.